The molecule has 0 aliphatic heterocycles. The van der Waals surface area contributed by atoms with E-state index in [2.05, 4.69) is 5.32 Å². The molecule has 1 aromatic rings. The Morgan fingerprint density at radius 3 is 2.17 bits per heavy atom. The van der Waals surface area contributed by atoms with Gasteiger partial charge in [0.25, 0.3) is 0 Å². The van der Waals surface area contributed by atoms with Crippen LogP contribution in [0.4, 0.5) is 18.9 Å². The molecule has 1 atom stereocenters. The first-order valence-corrected chi connectivity index (χ1v) is 6.85. The van der Waals surface area contributed by atoms with Gasteiger partial charge in [-0.25, -0.2) is 4.79 Å². The van der Waals surface area contributed by atoms with Crippen LogP contribution in [0.25, 0.3) is 0 Å². The van der Waals surface area contributed by atoms with Crippen molar-refractivity contribution >= 4 is 11.7 Å². The maximum atomic E-state index is 12.7. The normalized spacial score (nSPS) is 14.6. The largest absolute Gasteiger partial charge is 0.467 e. The van der Waals surface area contributed by atoms with Crippen LogP contribution in [0.2, 0.25) is 0 Å². The number of anilines is 1. The summed E-state index contributed by atoms with van der Waals surface area (Å²) in [5.41, 5.74) is -2.82. The van der Waals surface area contributed by atoms with Crippen molar-refractivity contribution in [1.82, 2.24) is 0 Å². The second-order valence-electron chi connectivity index (χ2n) is 6.36. The third-order valence-corrected chi connectivity index (χ3v) is 3.95. The molecule has 0 aromatic heterocycles. The van der Waals surface area contributed by atoms with Gasteiger partial charge in [0.2, 0.25) is 0 Å². The highest BCUT2D eigenvalue weighted by Gasteiger charge is 2.46. The number of nitrogens with zero attached hydrogens (tertiary/aromatic N) is 1. The van der Waals surface area contributed by atoms with Gasteiger partial charge in [-0.15, -0.1) is 0 Å². The zero-order chi connectivity index (χ0) is 18.1. The van der Waals surface area contributed by atoms with E-state index < -0.39 is 28.7 Å². The molecule has 1 rings (SSSR count). The lowest BCUT2D eigenvalue weighted by Gasteiger charge is -2.40. The zero-order valence-electron chi connectivity index (χ0n) is 13.6. The number of carbonyl (C=O) groups is 1. The molecule has 0 heterocycles. The predicted molar refractivity (Wildman–Crippen MR) is 79.7 cm³/mol. The van der Waals surface area contributed by atoms with Gasteiger partial charge in [-0.3, -0.25) is 0 Å². The Balaban J connectivity index is 3.37. The molecule has 1 aromatic carbocycles. The summed E-state index contributed by atoms with van der Waals surface area (Å²) in [5.74, 6) is -0.575. The second-order valence-corrected chi connectivity index (χ2v) is 6.36. The minimum Gasteiger partial charge on any atom is -0.467 e. The van der Waals surface area contributed by atoms with E-state index in [0.29, 0.717) is 0 Å². The highest BCUT2D eigenvalue weighted by Crippen LogP contribution is 2.37. The Bertz CT molecular complexity index is 642. The first-order valence-electron chi connectivity index (χ1n) is 6.85. The Morgan fingerprint density at radius 1 is 1.22 bits per heavy atom. The molecule has 126 valence electrons. The smallest absolute Gasteiger partial charge is 0.416 e. The lowest BCUT2D eigenvalue weighted by molar-refractivity contribution is -0.149. The fourth-order valence-corrected chi connectivity index (χ4v) is 1.94. The standard InChI is InChI=1S/C16H19F3N2O2/c1-14(2,3)15(4,13(22)23-5)21-12-7-6-11(16(17,18)19)8-10(12)9-20/h6-8,21H,1-5H3/t15-/m0/s1. The molecule has 0 fully saturated rings. The number of hydrogen-bond acceptors (Lipinski definition) is 4. The van der Waals surface area contributed by atoms with Crippen LogP contribution in [0.3, 0.4) is 0 Å². The van der Waals surface area contributed by atoms with Gasteiger partial charge in [0.05, 0.1) is 23.9 Å². The van der Waals surface area contributed by atoms with E-state index >= 15 is 0 Å². The minimum atomic E-state index is -4.54. The van der Waals surface area contributed by atoms with Crippen LogP contribution >= 0.6 is 0 Å². The molecule has 0 saturated carbocycles. The highest BCUT2D eigenvalue weighted by atomic mass is 19.4. The van der Waals surface area contributed by atoms with E-state index in [4.69, 9.17) is 10.00 Å². The number of nitriles is 1. The van der Waals surface area contributed by atoms with Crippen molar-refractivity contribution in [1.29, 1.82) is 5.26 Å². The Labute approximate surface area is 133 Å². The number of methoxy groups -OCH3 is 1. The van der Waals surface area contributed by atoms with Gasteiger partial charge in [-0.1, -0.05) is 20.8 Å². The van der Waals surface area contributed by atoms with Crippen molar-refractivity contribution < 1.29 is 22.7 Å². The lowest BCUT2D eigenvalue weighted by Crippen LogP contribution is -2.54. The summed E-state index contributed by atoms with van der Waals surface area (Å²) in [7, 11) is 1.23. The summed E-state index contributed by atoms with van der Waals surface area (Å²) >= 11 is 0. The number of hydrogen-bond donors (Lipinski definition) is 1. The first kappa shape index (κ1) is 18.8. The molecule has 0 spiro atoms. The Kier molecular flexibility index (Phi) is 5.00. The highest BCUT2D eigenvalue weighted by molar-refractivity contribution is 5.85. The average Bonchev–Trinajstić information content (AvgIpc) is 2.44. The fourth-order valence-electron chi connectivity index (χ4n) is 1.94. The summed E-state index contributed by atoms with van der Waals surface area (Å²) in [6, 6.07) is 4.49. The molecular formula is C16H19F3N2O2. The Hall–Kier alpha value is -2.23. The van der Waals surface area contributed by atoms with Gasteiger partial charge < -0.3 is 10.1 Å². The van der Waals surface area contributed by atoms with E-state index in [0.717, 1.165) is 18.2 Å². The van der Waals surface area contributed by atoms with Crippen molar-refractivity contribution in [2.45, 2.75) is 39.4 Å². The summed E-state index contributed by atoms with van der Waals surface area (Å²) in [4.78, 5) is 12.2. The summed E-state index contributed by atoms with van der Waals surface area (Å²) in [5, 5.41) is 12.0. The molecule has 0 bridgehead atoms. The second kappa shape index (κ2) is 6.11. The quantitative estimate of drug-likeness (QED) is 0.853. The molecule has 0 amide bonds. The van der Waals surface area contributed by atoms with Crippen LogP contribution < -0.4 is 5.32 Å². The number of alkyl halides is 3. The van der Waals surface area contributed by atoms with E-state index in [1.165, 1.54) is 7.11 Å². The van der Waals surface area contributed by atoms with Gasteiger partial charge in [0.1, 0.15) is 11.6 Å². The number of carbonyl (C=O) groups excluding carboxylic acids is 1. The number of rotatable bonds is 3. The van der Waals surface area contributed by atoms with Gasteiger partial charge >= 0.3 is 12.1 Å². The molecular weight excluding hydrogens is 309 g/mol. The zero-order valence-corrected chi connectivity index (χ0v) is 13.6. The van der Waals surface area contributed by atoms with E-state index in [-0.39, 0.29) is 11.3 Å². The third kappa shape index (κ3) is 3.76. The third-order valence-electron chi connectivity index (χ3n) is 3.95. The number of ether oxygens (including phenoxy) is 1. The minimum absolute atomic E-state index is 0.142. The first-order chi connectivity index (χ1) is 10.4. The number of halogens is 3. The van der Waals surface area contributed by atoms with Crippen molar-refractivity contribution in [3.05, 3.63) is 29.3 Å². The molecule has 7 heteroatoms. The van der Waals surface area contributed by atoms with Crippen LogP contribution in [0.15, 0.2) is 18.2 Å². The van der Waals surface area contributed by atoms with E-state index in [9.17, 15) is 18.0 Å². The molecule has 0 radical (unpaired) electrons. The SMILES string of the molecule is COC(=O)[C@](C)(Nc1ccc(C(F)(F)F)cc1C#N)C(C)(C)C. The molecule has 4 nitrogen and oxygen atoms in total. The van der Waals surface area contributed by atoms with Crippen molar-refractivity contribution in [2.24, 2.45) is 5.41 Å². The van der Waals surface area contributed by atoms with Crippen LogP contribution in [-0.4, -0.2) is 18.6 Å². The topological polar surface area (TPSA) is 62.1 Å². The molecule has 1 N–H and O–H groups in total. The van der Waals surface area contributed by atoms with Gasteiger partial charge in [-0.2, -0.15) is 18.4 Å². The number of benzene rings is 1. The average molecular weight is 328 g/mol. The molecule has 0 saturated heterocycles. The van der Waals surface area contributed by atoms with Gasteiger partial charge in [0.15, 0.2) is 0 Å². The van der Waals surface area contributed by atoms with Crippen molar-refractivity contribution in [3.8, 4) is 6.07 Å². The van der Waals surface area contributed by atoms with Gasteiger partial charge in [0, 0.05) is 0 Å². The predicted octanol–water partition coefficient (Wildman–Crippen LogP) is 3.97. The summed E-state index contributed by atoms with van der Waals surface area (Å²) in [6.07, 6.45) is -4.54. The monoisotopic (exact) mass is 328 g/mol. The van der Waals surface area contributed by atoms with Crippen LogP contribution in [0.1, 0.15) is 38.8 Å². The van der Waals surface area contributed by atoms with Crippen LogP contribution in [0, 0.1) is 16.7 Å². The number of nitrogens with one attached hydrogen (secondary N) is 1. The van der Waals surface area contributed by atoms with E-state index in [1.807, 2.05) is 0 Å². The molecule has 0 unspecified atom stereocenters. The van der Waals surface area contributed by atoms with Crippen molar-refractivity contribution in [2.75, 3.05) is 12.4 Å². The summed E-state index contributed by atoms with van der Waals surface area (Å²) in [6.45, 7) is 6.94. The van der Waals surface area contributed by atoms with E-state index in [1.54, 1.807) is 33.8 Å². The lowest BCUT2D eigenvalue weighted by atomic mass is 9.74. The van der Waals surface area contributed by atoms with Crippen molar-refractivity contribution in [3.63, 3.8) is 0 Å². The van der Waals surface area contributed by atoms with Crippen LogP contribution in [0.5, 0.6) is 0 Å². The fraction of sp³-hybridized carbons (Fsp3) is 0.500. The number of esters is 1. The molecule has 0 aliphatic rings. The Morgan fingerprint density at radius 2 is 1.78 bits per heavy atom. The maximum absolute atomic E-state index is 12.7. The maximum Gasteiger partial charge on any atom is 0.416 e. The molecule has 0 aliphatic carbocycles. The molecule has 23 heavy (non-hydrogen) atoms. The summed E-state index contributed by atoms with van der Waals surface area (Å²) < 4.78 is 43.0. The van der Waals surface area contributed by atoms with Gasteiger partial charge in [-0.05, 0) is 30.5 Å². The van der Waals surface area contributed by atoms with Crippen LogP contribution in [-0.2, 0) is 15.7 Å².